The molecule has 6 heteroatoms. The molecule has 3 aromatic rings. The van der Waals surface area contributed by atoms with Crippen LogP contribution in [0.4, 0.5) is 0 Å². The average Bonchev–Trinajstić information content (AvgIpc) is 3.32. The number of aromatic nitrogens is 1. The number of hydrogen-bond acceptors (Lipinski definition) is 3. The van der Waals surface area contributed by atoms with Crippen LogP contribution in [0.15, 0.2) is 59.8 Å². The van der Waals surface area contributed by atoms with Crippen LogP contribution in [0.1, 0.15) is 34.3 Å². The van der Waals surface area contributed by atoms with Crippen LogP contribution in [0.25, 0.3) is 10.9 Å². The first-order valence-electron chi connectivity index (χ1n) is 9.11. The van der Waals surface area contributed by atoms with Crippen molar-refractivity contribution >= 4 is 34.1 Å². The highest BCUT2D eigenvalue weighted by atomic mass is 16.4. The van der Waals surface area contributed by atoms with Crippen LogP contribution in [-0.2, 0) is 11.2 Å². The summed E-state index contributed by atoms with van der Waals surface area (Å²) in [6.07, 6.45) is 3.34. The number of rotatable bonds is 6. The summed E-state index contributed by atoms with van der Waals surface area (Å²) in [6.45, 7) is 0. The maximum absolute atomic E-state index is 12.6. The van der Waals surface area contributed by atoms with E-state index in [4.69, 9.17) is 5.11 Å². The quantitative estimate of drug-likeness (QED) is 0.650. The fourth-order valence-corrected chi connectivity index (χ4v) is 3.44. The van der Waals surface area contributed by atoms with E-state index in [2.05, 4.69) is 16.2 Å². The van der Waals surface area contributed by atoms with Crippen LogP contribution in [0.3, 0.4) is 0 Å². The van der Waals surface area contributed by atoms with Crippen molar-refractivity contribution in [3.8, 4) is 0 Å². The molecule has 6 nitrogen and oxygen atoms in total. The van der Waals surface area contributed by atoms with Crippen LogP contribution in [0.5, 0.6) is 0 Å². The van der Waals surface area contributed by atoms with Gasteiger partial charge in [-0.2, -0.15) is 0 Å². The minimum absolute atomic E-state index is 0.0203. The van der Waals surface area contributed by atoms with Crippen LogP contribution in [-0.4, -0.2) is 45.0 Å². The maximum Gasteiger partial charge on any atom is 0.335 e. The summed E-state index contributed by atoms with van der Waals surface area (Å²) in [4.78, 5) is 26.7. The van der Waals surface area contributed by atoms with Gasteiger partial charge in [0.15, 0.2) is 18.5 Å². The van der Waals surface area contributed by atoms with Crippen LogP contribution < -0.4 is 0 Å². The van der Waals surface area contributed by atoms with Gasteiger partial charge in [0.05, 0.1) is 12.0 Å². The van der Waals surface area contributed by atoms with E-state index in [0.29, 0.717) is 25.0 Å². The highest BCUT2D eigenvalue weighted by Gasteiger charge is 2.29. The van der Waals surface area contributed by atoms with Crippen molar-refractivity contribution in [1.29, 1.82) is 0 Å². The Labute approximate surface area is 161 Å². The third-order valence-corrected chi connectivity index (χ3v) is 5.05. The van der Waals surface area contributed by atoms with Gasteiger partial charge in [-0.15, -0.1) is 0 Å². The molecule has 2 N–H and O–H groups in total. The fourth-order valence-electron chi connectivity index (χ4n) is 3.44. The Hall–Kier alpha value is -3.54. The molecule has 0 fully saturated rings. The normalized spacial score (nSPS) is 13.8. The second-order valence-electron chi connectivity index (χ2n) is 6.90. The number of carbonyl (C=O) groups is 2. The van der Waals surface area contributed by atoms with E-state index in [1.165, 1.54) is 0 Å². The molecule has 1 aromatic heterocycles. The van der Waals surface area contributed by atoms with E-state index in [1.807, 2.05) is 31.4 Å². The molecule has 0 unspecified atom stereocenters. The number of hydrazone groups is 1. The number of aromatic carboxylic acids is 1. The second kappa shape index (κ2) is 7.23. The standard InChI is InChI=1S/C22H19N3O3/c1-25-20(17-7-8-18-16(12-17)10-11-23-18)13-19(24-25)21(26)9-4-14-2-5-15(6-3-14)22(27)28/h2-3,5-8,10-12H,4,9,13H2,1H3,(H,27,28)/p+1. The minimum Gasteiger partial charge on any atom is -0.478 e. The van der Waals surface area contributed by atoms with Gasteiger partial charge < -0.3 is 10.1 Å². The Kier molecular flexibility index (Phi) is 4.61. The predicted octanol–water partition coefficient (Wildman–Crippen LogP) is 3.26. The average molecular weight is 374 g/mol. The molecule has 2 aromatic carbocycles. The van der Waals surface area contributed by atoms with Gasteiger partial charge in [0.1, 0.15) is 0 Å². The number of hydrogen-bond donors (Lipinski definition) is 2. The molecule has 140 valence electrons. The minimum atomic E-state index is -0.952. The number of aryl methyl sites for hydroxylation is 1. The molecule has 0 amide bonds. The molecule has 0 spiro atoms. The third-order valence-electron chi connectivity index (χ3n) is 5.05. The van der Waals surface area contributed by atoms with Gasteiger partial charge in [-0.1, -0.05) is 16.8 Å². The summed E-state index contributed by atoms with van der Waals surface area (Å²) in [6, 6.07) is 14.8. The van der Waals surface area contributed by atoms with Gasteiger partial charge in [0, 0.05) is 29.1 Å². The van der Waals surface area contributed by atoms with E-state index < -0.39 is 5.97 Å². The van der Waals surface area contributed by atoms with Crippen molar-refractivity contribution in [3.63, 3.8) is 0 Å². The zero-order valence-electron chi connectivity index (χ0n) is 15.5. The SMILES string of the molecule is C[N+]1=C(c2ccc3[nH]ccc3c2)CC(C(=O)CCc2ccc(C(=O)O)cc2)=N1. The van der Waals surface area contributed by atoms with Crippen molar-refractivity contribution in [2.45, 2.75) is 19.3 Å². The van der Waals surface area contributed by atoms with Crippen molar-refractivity contribution in [2.75, 3.05) is 7.05 Å². The van der Waals surface area contributed by atoms with Gasteiger partial charge in [-0.3, -0.25) is 4.79 Å². The Morgan fingerprint density at radius 1 is 1.14 bits per heavy atom. The second-order valence-corrected chi connectivity index (χ2v) is 6.90. The number of carboxylic acid groups (broad SMARTS) is 1. The molecule has 4 rings (SSSR count). The van der Waals surface area contributed by atoms with Crippen molar-refractivity contribution in [1.82, 2.24) is 4.98 Å². The smallest absolute Gasteiger partial charge is 0.335 e. The number of carbonyl (C=O) groups excluding carboxylic acids is 1. The predicted molar refractivity (Wildman–Crippen MR) is 107 cm³/mol. The molecule has 0 saturated heterocycles. The van der Waals surface area contributed by atoms with E-state index in [9.17, 15) is 9.59 Å². The number of ketones is 1. The number of carboxylic acids is 1. The van der Waals surface area contributed by atoms with E-state index in [0.717, 1.165) is 27.7 Å². The first-order chi connectivity index (χ1) is 13.5. The molecule has 0 bridgehead atoms. The topological polar surface area (TPSA) is 85.5 Å². The molecule has 2 heterocycles. The van der Waals surface area contributed by atoms with Gasteiger partial charge >= 0.3 is 5.97 Å². The number of benzene rings is 2. The number of Topliss-reactive ketones (excluding diaryl/α,β-unsaturated/α-hetero) is 1. The maximum atomic E-state index is 12.6. The first-order valence-corrected chi connectivity index (χ1v) is 9.11. The summed E-state index contributed by atoms with van der Waals surface area (Å²) >= 11 is 0. The molecule has 0 radical (unpaired) electrons. The number of nitrogens with one attached hydrogen (secondary N) is 1. The Morgan fingerprint density at radius 3 is 2.68 bits per heavy atom. The summed E-state index contributed by atoms with van der Waals surface area (Å²) < 4.78 is 1.78. The van der Waals surface area contributed by atoms with Crippen molar-refractivity contribution in [3.05, 3.63) is 71.4 Å². The third kappa shape index (κ3) is 3.49. The summed E-state index contributed by atoms with van der Waals surface area (Å²) in [5, 5.41) is 14.5. The van der Waals surface area contributed by atoms with E-state index in [-0.39, 0.29) is 11.3 Å². The summed E-state index contributed by atoms with van der Waals surface area (Å²) in [5.74, 6) is -0.932. The molecule has 0 aliphatic carbocycles. The molecule has 28 heavy (non-hydrogen) atoms. The Balaban J connectivity index is 1.41. The summed E-state index contributed by atoms with van der Waals surface area (Å²) in [5.41, 5.74) is 4.90. The molecular weight excluding hydrogens is 354 g/mol. The number of nitrogens with zero attached hydrogens (tertiary/aromatic N) is 2. The molecule has 1 aliphatic rings. The van der Waals surface area contributed by atoms with Crippen LogP contribution in [0.2, 0.25) is 0 Å². The fraction of sp³-hybridized carbons (Fsp3) is 0.182. The Morgan fingerprint density at radius 2 is 1.93 bits per heavy atom. The number of aromatic amines is 1. The van der Waals surface area contributed by atoms with Crippen molar-refractivity contribution in [2.24, 2.45) is 5.10 Å². The Bertz CT molecular complexity index is 1140. The van der Waals surface area contributed by atoms with Crippen LogP contribution in [0, 0.1) is 0 Å². The zero-order chi connectivity index (χ0) is 19.7. The highest BCUT2D eigenvalue weighted by Crippen LogP contribution is 2.19. The molecule has 0 saturated carbocycles. The first kappa shape index (κ1) is 17.9. The van der Waals surface area contributed by atoms with Gasteiger partial charge in [0.25, 0.3) is 0 Å². The van der Waals surface area contributed by atoms with E-state index in [1.54, 1.807) is 28.9 Å². The number of H-pyrrole nitrogens is 1. The van der Waals surface area contributed by atoms with Gasteiger partial charge in [-0.25, -0.2) is 4.79 Å². The number of fused-ring (bicyclic) bond motifs is 1. The monoisotopic (exact) mass is 374 g/mol. The largest absolute Gasteiger partial charge is 0.478 e. The lowest BCUT2D eigenvalue weighted by Crippen LogP contribution is -2.16. The lowest BCUT2D eigenvalue weighted by Gasteiger charge is -2.02. The lowest BCUT2D eigenvalue weighted by molar-refractivity contribution is -0.498. The van der Waals surface area contributed by atoms with Gasteiger partial charge in [0.2, 0.25) is 5.71 Å². The molecular formula is C22H20N3O3+. The summed E-state index contributed by atoms with van der Waals surface area (Å²) in [7, 11) is 1.86. The highest BCUT2D eigenvalue weighted by molar-refractivity contribution is 6.44. The zero-order valence-corrected chi connectivity index (χ0v) is 15.5. The van der Waals surface area contributed by atoms with Gasteiger partial charge in [-0.05, 0) is 53.5 Å². The lowest BCUT2D eigenvalue weighted by atomic mass is 9.99. The molecule has 1 aliphatic heterocycles. The van der Waals surface area contributed by atoms with E-state index >= 15 is 0 Å². The molecule has 0 atom stereocenters. The van der Waals surface area contributed by atoms with Crippen molar-refractivity contribution < 1.29 is 19.4 Å². The van der Waals surface area contributed by atoms with Crippen LogP contribution >= 0.6 is 0 Å².